The van der Waals surface area contributed by atoms with Crippen LogP contribution in [0.2, 0.25) is 0 Å². The molecule has 0 spiro atoms. The molecule has 0 aromatic carbocycles. The molecule has 1 heterocycles. The van der Waals surface area contributed by atoms with Gasteiger partial charge in [0, 0.05) is 0 Å². The minimum atomic E-state index is -3.03. The zero-order valence-electron chi connectivity index (χ0n) is 7.34. The summed E-state index contributed by atoms with van der Waals surface area (Å²) >= 11 is 0. The SMILES string of the molecule is N#CCc1cc(F)c(C#N)c(C(F)F)n1. The molecular weight excluding hydrogens is 207 g/mol. The van der Waals surface area contributed by atoms with E-state index in [-0.39, 0.29) is 12.1 Å². The number of pyridine rings is 1. The maximum atomic E-state index is 13.1. The van der Waals surface area contributed by atoms with Crippen molar-refractivity contribution in [1.29, 1.82) is 10.5 Å². The smallest absolute Gasteiger partial charge is 0.249 e. The largest absolute Gasteiger partial charge is 0.281 e. The molecule has 0 aliphatic heterocycles. The number of hydrogen-bond acceptors (Lipinski definition) is 3. The van der Waals surface area contributed by atoms with Gasteiger partial charge in [0.2, 0.25) is 0 Å². The Morgan fingerprint density at radius 1 is 1.40 bits per heavy atom. The first-order chi connectivity index (χ1) is 7.10. The second-order valence-electron chi connectivity index (χ2n) is 2.60. The molecular formula is C9H4F3N3. The third-order valence-corrected chi connectivity index (χ3v) is 1.63. The molecule has 0 bridgehead atoms. The van der Waals surface area contributed by atoms with Crippen LogP contribution in [0.3, 0.4) is 0 Å². The van der Waals surface area contributed by atoms with Gasteiger partial charge in [0.25, 0.3) is 6.43 Å². The number of rotatable bonds is 2. The van der Waals surface area contributed by atoms with Crippen LogP contribution < -0.4 is 0 Å². The van der Waals surface area contributed by atoms with Gasteiger partial charge in [0.1, 0.15) is 23.1 Å². The van der Waals surface area contributed by atoms with Crippen LogP contribution in [0.15, 0.2) is 6.07 Å². The summed E-state index contributed by atoms with van der Waals surface area (Å²) in [4.78, 5) is 3.36. The highest BCUT2D eigenvalue weighted by Gasteiger charge is 2.19. The first-order valence-electron chi connectivity index (χ1n) is 3.84. The average molecular weight is 211 g/mol. The van der Waals surface area contributed by atoms with Crippen molar-refractivity contribution in [2.24, 2.45) is 0 Å². The van der Waals surface area contributed by atoms with E-state index in [9.17, 15) is 13.2 Å². The molecule has 0 N–H and O–H groups in total. The number of aromatic nitrogens is 1. The Hall–Kier alpha value is -2.08. The van der Waals surface area contributed by atoms with Crippen molar-refractivity contribution in [2.45, 2.75) is 12.8 Å². The van der Waals surface area contributed by atoms with Crippen LogP contribution in [0.5, 0.6) is 0 Å². The molecule has 1 aromatic rings. The fourth-order valence-electron chi connectivity index (χ4n) is 1.02. The molecule has 0 aliphatic carbocycles. The van der Waals surface area contributed by atoms with Gasteiger partial charge in [0.15, 0.2) is 0 Å². The Balaban J connectivity index is 3.35. The highest BCUT2D eigenvalue weighted by molar-refractivity contribution is 5.37. The Morgan fingerprint density at radius 2 is 2.07 bits per heavy atom. The van der Waals surface area contributed by atoms with Gasteiger partial charge in [-0.25, -0.2) is 18.2 Å². The predicted octanol–water partition coefficient (Wildman–Crippen LogP) is 2.10. The minimum Gasteiger partial charge on any atom is -0.249 e. The van der Waals surface area contributed by atoms with Crippen LogP contribution in [-0.4, -0.2) is 4.98 Å². The molecule has 0 unspecified atom stereocenters. The lowest BCUT2D eigenvalue weighted by molar-refractivity contribution is 0.145. The van der Waals surface area contributed by atoms with E-state index in [0.717, 1.165) is 6.07 Å². The van der Waals surface area contributed by atoms with Gasteiger partial charge in [-0.1, -0.05) is 0 Å². The highest BCUT2D eigenvalue weighted by atomic mass is 19.3. The summed E-state index contributed by atoms with van der Waals surface area (Å²) < 4.78 is 37.8. The normalized spacial score (nSPS) is 9.73. The molecule has 0 fully saturated rings. The molecule has 3 nitrogen and oxygen atoms in total. The summed E-state index contributed by atoms with van der Waals surface area (Å²) in [5.74, 6) is -1.08. The zero-order valence-corrected chi connectivity index (χ0v) is 7.34. The van der Waals surface area contributed by atoms with E-state index in [1.807, 2.05) is 0 Å². The topological polar surface area (TPSA) is 60.5 Å². The van der Waals surface area contributed by atoms with Crippen molar-refractivity contribution in [2.75, 3.05) is 0 Å². The van der Waals surface area contributed by atoms with Crippen molar-refractivity contribution in [3.05, 3.63) is 28.8 Å². The monoisotopic (exact) mass is 211 g/mol. The van der Waals surface area contributed by atoms with Gasteiger partial charge in [-0.3, -0.25) is 0 Å². The fourth-order valence-corrected chi connectivity index (χ4v) is 1.02. The van der Waals surface area contributed by atoms with Gasteiger partial charge in [-0.2, -0.15) is 10.5 Å². The molecule has 76 valence electrons. The van der Waals surface area contributed by atoms with Crippen LogP contribution in [0.4, 0.5) is 13.2 Å². The molecule has 0 amide bonds. The lowest BCUT2D eigenvalue weighted by atomic mass is 10.1. The van der Waals surface area contributed by atoms with Crippen molar-refractivity contribution in [3.8, 4) is 12.1 Å². The number of nitrogens with zero attached hydrogens (tertiary/aromatic N) is 3. The quantitative estimate of drug-likeness (QED) is 0.752. The van der Waals surface area contributed by atoms with Crippen LogP contribution in [0.25, 0.3) is 0 Å². The fraction of sp³-hybridized carbons (Fsp3) is 0.222. The molecule has 0 saturated carbocycles. The second-order valence-corrected chi connectivity index (χ2v) is 2.60. The van der Waals surface area contributed by atoms with Crippen molar-refractivity contribution >= 4 is 0 Å². The first-order valence-corrected chi connectivity index (χ1v) is 3.84. The maximum Gasteiger partial charge on any atom is 0.281 e. The summed E-state index contributed by atoms with van der Waals surface area (Å²) in [7, 11) is 0. The Bertz CT molecular complexity index is 457. The Labute approximate surface area is 83.4 Å². The molecule has 6 heteroatoms. The number of nitriles is 2. The van der Waals surface area contributed by atoms with Crippen molar-refractivity contribution < 1.29 is 13.2 Å². The van der Waals surface area contributed by atoms with Crippen molar-refractivity contribution in [1.82, 2.24) is 4.98 Å². The first kappa shape index (κ1) is 11.0. The van der Waals surface area contributed by atoms with Gasteiger partial charge >= 0.3 is 0 Å². The molecule has 0 aliphatic rings. The third-order valence-electron chi connectivity index (χ3n) is 1.63. The van der Waals surface area contributed by atoms with E-state index in [4.69, 9.17) is 10.5 Å². The third kappa shape index (κ3) is 2.23. The summed E-state index contributed by atoms with van der Waals surface area (Å²) in [6.07, 6.45) is -3.31. The lowest BCUT2D eigenvalue weighted by Crippen LogP contribution is -2.02. The number of alkyl halides is 2. The lowest BCUT2D eigenvalue weighted by Gasteiger charge is -2.04. The maximum absolute atomic E-state index is 13.1. The summed E-state index contributed by atoms with van der Waals surface area (Å²) in [6, 6.07) is 3.79. The van der Waals surface area contributed by atoms with Crippen molar-refractivity contribution in [3.63, 3.8) is 0 Å². The zero-order chi connectivity index (χ0) is 11.4. The van der Waals surface area contributed by atoms with Crippen LogP contribution in [0.1, 0.15) is 23.4 Å². The predicted molar refractivity (Wildman–Crippen MR) is 43.2 cm³/mol. The molecule has 0 saturated heterocycles. The van der Waals surface area contributed by atoms with E-state index in [0.29, 0.717) is 0 Å². The van der Waals surface area contributed by atoms with E-state index in [1.165, 1.54) is 6.07 Å². The average Bonchev–Trinajstić information content (AvgIpc) is 2.17. The second kappa shape index (κ2) is 4.43. The highest BCUT2D eigenvalue weighted by Crippen LogP contribution is 2.23. The van der Waals surface area contributed by atoms with Gasteiger partial charge < -0.3 is 0 Å². The summed E-state index contributed by atoms with van der Waals surface area (Å²) in [5, 5.41) is 16.7. The van der Waals surface area contributed by atoms with E-state index in [1.54, 1.807) is 6.07 Å². The summed E-state index contributed by atoms with van der Waals surface area (Å²) in [6.45, 7) is 0. The van der Waals surface area contributed by atoms with Crippen LogP contribution >= 0.6 is 0 Å². The van der Waals surface area contributed by atoms with E-state index >= 15 is 0 Å². The van der Waals surface area contributed by atoms with Crippen LogP contribution in [-0.2, 0) is 6.42 Å². The van der Waals surface area contributed by atoms with Gasteiger partial charge in [0.05, 0.1) is 18.2 Å². The summed E-state index contributed by atoms with van der Waals surface area (Å²) in [5.41, 5.74) is -1.79. The van der Waals surface area contributed by atoms with Gasteiger partial charge in [-0.05, 0) is 6.07 Å². The van der Waals surface area contributed by atoms with E-state index < -0.39 is 23.5 Å². The molecule has 0 atom stereocenters. The minimum absolute atomic E-state index is 0.107. The molecule has 15 heavy (non-hydrogen) atoms. The number of hydrogen-bond donors (Lipinski definition) is 0. The molecule has 1 rings (SSSR count). The molecule has 0 radical (unpaired) electrons. The molecule has 1 aromatic heterocycles. The Kier molecular flexibility index (Phi) is 3.25. The number of halogens is 3. The van der Waals surface area contributed by atoms with Crippen LogP contribution in [0, 0.1) is 28.5 Å². The van der Waals surface area contributed by atoms with E-state index in [2.05, 4.69) is 4.98 Å². The van der Waals surface area contributed by atoms with Gasteiger partial charge in [-0.15, -0.1) is 0 Å². The standard InChI is InChI=1S/C9H4F3N3/c10-7-3-5(1-2-13)15-8(9(11)12)6(7)4-14/h3,9H,1H2. The Morgan fingerprint density at radius 3 is 2.53 bits per heavy atom.